The Balaban J connectivity index is 1.52. The highest BCUT2D eigenvalue weighted by Gasteiger charge is 2.31. The van der Waals surface area contributed by atoms with E-state index in [1.807, 2.05) is 32.0 Å². The number of hydrogen-bond donors (Lipinski definition) is 1. The number of rotatable bonds is 8. The summed E-state index contributed by atoms with van der Waals surface area (Å²) in [4.78, 5) is 21.5. The lowest BCUT2D eigenvalue weighted by molar-refractivity contribution is -0.125. The Labute approximate surface area is 196 Å². The molecule has 0 spiro atoms. The van der Waals surface area contributed by atoms with E-state index in [9.17, 15) is 4.79 Å². The van der Waals surface area contributed by atoms with Gasteiger partial charge in [0, 0.05) is 31.6 Å². The number of oxime groups is 1. The van der Waals surface area contributed by atoms with Crippen LogP contribution in [-0.4, -0.2) is 57.2 Å². The van der Waals surface area contributed by atoms with Crippen LogP contribution in [0, 0.1) is 0 Å². The molecule has 10 heteroatoms. The van der Waals surface area contributed by atoms with Crippen LogP contribution >= 0.6 is 22.9 Å². The van der Waals surface area contributed by atoms with Crippen molar-refractivity contribution in [3.05, 3.63) is 33.5 Å². The summed E-state index contributed by atoms with van der Waals surface area (Å²) < 4.78 is 17.9. The number of amides is 1. The molecule has 1 aromatic carbocycles. The van der Waals surface area contributed by atoms with Crippen molar-refractivity contribution < 1.29 is 23.8 Å². The molecular weight excluding hydrogens is 454 g/mol. The van der Waals surface area contributed by atoms with Crippen LogP contribution in [0.15, 0.2) is 29.4 Å². The van der Waals surface area contributed by atoms with Gasteiger partial charge < -0.3 is 29.3 Å². The number of ether oxygens (including phenoxy) is 3. The molecule has 172 valence electrons. The van der Waals surface area contributed by atoms with Gasteiger partial charge in [0.05, 0.1) is 47.0 Å². The summed E-state index contributed by atoms with van der Waals surface area (Å²) >= 11 is 7.42. The molecule has 1 aromatic heterocycles. The molecule has 0 saturated carbocycles. The fourth-order valence-corrected chi connectivity index (χ4v) is 4.62. The van der Waals surface area contributed by atoms with Crippen molar-refractivity contribution in [1.29, 1.82) is 0 Å². The first kappa shape index (κ1) is 22.7. The van der Waals surface area contributed by atoms with Gasteiger partial charge in [-0.05, 0) is 26.0 Å². The highest BCUT2D eigenvalue weighted by Crippen LogP contribution is 2.39. The minimum atomic E-state index is -0.727. The van der Waals surface area contributed by atoms with E-state index in [-0.39, 0.29) is 5.91 Å². The molecule has 4 rings (SSSR count). The van der Waals surface area contributed by atoms with Crippen molar-refractivity contribution in [2.75, 3.05) is 49.7 Å². The fraction of sp³-hybridized carbons (Fsp3) is 0.455. The van der Waals surface area contributed by atoms with E-state index in [1.54, 1.807) is 6.07 Å². The first-order valence-corrected chi connectivity index (χ1v) is 11.8. The molecule has 1 saturated heterocycles. The molecule has 0 radical (unpaired) electrons. The highest BCUT2D eigenvalue weighted by atomic mass is 35.5. The lowest BCUT2D eigenvalue weighted by Gasteiger charge is -2.31. The molecule has 1 atom stereocenters. The highest BCUT2D eigenvalue weighted by molar-refractivity contribution is 7.18. The lowest BCUT2D eigenvalue weighted by atomic mass is 10.1. The Bertz CT molecular complexity index is 990. The minimum absolute atomic E-state index is 0.297. The van der Waals surface area contributed by atoms with E-state index in [0.29, 0.717) is 60.1 Å². The Morgan fingerprint density at radius 2 is 1.97 bits per heavy atom. The largest absolute Gasteiger partial charge is 0.492 e. The van der Waals surface area contributed by atoms with Gasteiger partial charge in [0.1, 0.15) is 17.2 Å². The summed E-state index contributed by atoms with van der Waals surface area (Å²) in [5.41, 5.74) is 2.17. The zero-order valence-electron chi connectivity index (χ0n) is 18.1. The molecule has 2 aliphatic heterocycles. The fourth-order valence-electron chi connectivity index (χ4n) is 3.59. The summed E-state index contributed by atoms with van der Waals surface area (Å²) in [6, 6.07) is 7.41. The Morgan fingerprint density at radius 3 is 2.66 bits per heavy atom. The predicted octanol–water partition coefficient (Wildman–Crippen LogP) is 4.17. The lowest BCUT2D eigenvalue weighted by Crippen LogP contribution is -2.36. The number of thiophene rings is 1. The van der Waals surface area contributed by atoms with Gasteiger partial charge in [0.2, 0.25) is 6.10 Å². The second-order valence-corrected chi connectivity index (χ2v) is 8.93. The summed E-state index contributed by atoms with van der Waals surface area (Å²) in [5, 5.41) is 7.01. The third kappa shape index (κ3) is 5.11. The maximum Gasteiger partial charge on any atom is 0.268 e. The molecule has 3 heterocycles. The second-order valence-electron chi connectivity index (χ2n) is 7.21. The number of hydrogen-bond acceptors (Lipinski definition) is 8. The third-order valence-corrected chi connectivity index (χ3v) is 6.37. The average molecular weight is 480 g/mol. The molecule has 1 amide bonds. The van der Waals surface area contributed by atoms with Crippen molar-refractivity contribution in [2.24, 2.45) is 5.16 Å². The topological polar surface area (TPSA) is 81.6 Å². The van der Waals surface area contributed by atoms with Gasteiger partial charge >= 0.3 is 0 Å². The minimum Gasteiger partial charge on any atom is -0.492 e. The maximum atomic E-state index is 13.0. The van der Waals surface area contributed by atoms with Gasteiger partial charge in [0.25, 0.3) is 5.91 Å². The van der Waals surface area contributed by atoms with E-state index in [0.717, 1.165) is 23.7 Å². The molecule has 1 unspecified atom stereocenters. The van der Waals surface area contributed by atoms with Crippen molar-refractivity contribution in [3.63, 3.8) is 0 Å². The van der Waals surface area contributed by atoms with Crippen LogP contribution in [0.2, 0.25) is 4.34 Å². The van der Waals surface area contributed by atoms with Crippen molar-refractivity contribution >= 4 is 45.9 Å². The van der Waals surface area contributed by atoms with Gasteiger partial charge in [-0.2, -0.15) is 0 Å². The van der Waals surface area contributed by atoms with Gasteiger partial charge in [-0.3, -0.25) is 4.79 Å². The van der Waals surface area contributed by atoms with E-state index >= 15 is 0 Å². The standard InChI is InChI=1S/C22H26ClN3O5S/c1-3-29-17-13-16(26-7-9-28-10-8-26)18(30-4-2)11-14(17)24-22(27)19-12-15(25-31-19)20-5-6-21(23)32-20/h5-6,11,13,19H,3-4,7-10,12H2,1-2H3,(H,24,27). The quantitative estimate of drug-likeness (QED) is 0.612. The number of anilines is 2. The third-order valence-electron chi connectivity index (χ3n) is 5.09. The second kappa shape index (κ2) is 10.4. The summed E-state index contributed by atoms with van der Waals surface area (Å²) in [6.07, 6.45) is -0.355. The van der Waals surface area contributed by atoms with E-state index < -0.39 is 6.10 Å². The zero-order valence-corrected chi connectivity index (χ0v) is 19.6. The van der Waals surface area contributed by atoms with Crippen LogP contribution in [0.3, 0.4) is 0 Å². The molecule has 1 fully saturated rings. The van der Waals surface area contributed by atoms with Crippen LogP contribution in [-0.2, 0) is 14.4 Å². The van der Waals surface area contributed by atoms with Crippen LogP contribution in [0.25, 0.3) is 0 Å². The van der Waals surface area contributed by atoms with E-state index in [1.165, 1.54) is 11.3 Å². The molecule has 0 bridgehead atoms. The normalized spacial score (nSPS) is 18.2. The monoisotopic (exact) mass is 479 g/mol. The Kier molecular flexibility index (Phi) is 7.39. The van der Waals surface area contributed by atoms with Crippen LogP contribution in [0.5, 0.6) is 11.5 Å². The van der Waals surface area contributed by atoms with Gasteiger partial charge in [-0.15, -0.1) is 11.3 Å². The molecular formula is C22H26ClN3O5S. The Morgan fingerprint density at radius 1 is 1.22 bits per heavy atom. The number of halogens is 1. The number of carbonyl (C=O) groups is 1. The summed E-state index contributed by atoms with van der Waals surface area (Å²) in [6.45, 7) is 7.65. The van der Waals surface area contributed by atoms with Crippen molar-refractivity contribution in [1.82, 2.24) is 0 Å². The van der Waals surface area contributed by atoms with E-state index in [4.69, 9.17) is 30.6 Å². The molecule has 32 heavy (non-hydrogen) atoms. The summed E-state index contributed by atoms with van der Waals surface area (Å²) in [5.74, 6) is 0.967. The SMILES string of the molecule is CCOc1cc(N2CCOCC2)c(OCC)cc1NC(=O)C1CC(c2ccc(Cl)s2)=NO1. The molecule has 2 aliphatic rings. The van der Waals surface area contributed by atoms with Crippen LogP contribution < -0.4 is 19.7 Å². The maximum absolute atomic E-state index is 13.0. The number of nitrogens with one attached hydrogen (secondary N) is 1. The molecule has 1 N–H and O–H groups in total. The number of morpholine rings is 1. The van der Waals surface area contributed by atoms with Gasteiger partial charge in [-0.1, -0.05) is 16.8 Å². The first-order valence-electron chi connectivity index (χ1n) is 10.6. The van der Waals surface area contributed by atoms with Crippen LogP contribution in [0.4, 0.5) is 11.4 Å². The number of carbonyl (C=O) groups excluding carboxylic acids is 1. The average Bonchev–Trinajstić information content (AvgIpc) is 3.45. The number of benzene rings is 1. The molecule has 8 nitrogen and oxygen atoms in total. The van der Waals surface area contributed by atoms with Crippen LogP contribution in [0.1, 0.15) is 25.1 Å². The molecule has 0 aliphatic carbocycles. The number of nitrogens with zero attached hydrogens (tertiary/aromatic N) is 2. The van der Waals surface area contributed by atoms with Gasteiger partial charge in [-0.25, -0.2) is 0 Å². The smallest absolute Gasteiger partial charge is 0.268 e. The first-order chi connectivity index (χ1) is 15.6. The summed E-state index contributed by atoms with van der Waals surface area (Å²) in [7, 11) is 0. The predicted molar refractivity (Wildman–Crippen MR) is 126 cm³/mol. The van der Waals surface area contributed by atoms with Gasteiger partial charge in [0.15, 0.2) is 0 Å². The Hall–Kier alpha value is -2.49. The van der Waals surface area contributed by atoms with Crippen molar-refractivity contribution in [3.8, 4) is 11.5 Å². The van der Waals surface area contributed by atoms with E-state index in [2.05, 4.69) is 15.4 Å². The molecule has 2 aromatic rings. The zero-order chi connectivity index (χ0) is 22.5. The van der Waals surface area contributed by atoms with Crippen molar-refractivity contribution in [2.45, 2.75) is 26.4 Å².